The number of benzene rings is 2. The maximum absolute atomic E-state index is 14.7. The zero-order valence-electron chi connectivity index (χ0n) is 21.8. The Morgan fingerprint density at radius 1 is 1.00 bits per heavy atom. The van der Waals surface area contributed by atoms with Crippen LogP contribution in [-0.2, 0) is 5.67 Å². The van der Waals surface area contributed by atoms with Crippen molar-refractivity contribution in [1.29, 1.82) is 0 Å². The first kappa shape index (κ1) is 33.5. The summed E-state index contributed by atoms with van der Waals surface area (Å²) in [4.78, 5) is 31.5. The van der Waals surface area contributed by atoms with Crippen LogP contribution in [0.3, 0.4) is 0 Å². The fourth-order valence-electron chi connectivity index (χ4n) is 3.96. The Morgan fingerprint density at radius 2 is 1.60 bits per heavy atom. The minimum Gasteiger partial charge on any atom is -0.494 e. The van der Waals surface area contributed by atoms with Crippen molar-refractivity contribution in [2.24, 2.45) is 0 Å². The van der Waals surface area contributed by atoms with E-state index in [1.165, 1.54) is 47.6 Å². The molecule has 7 nitrogen and oxygen atoms in total. The maximum atomic E-state index is 14.7. The summed E-state index contributed by atoms with van der Waals surface area (Å²) < 4.78 is 129. The van der Waals surface area contributed by atoms with Crippen molar-refractivity contribution in [2.45, 2.75) is 31.6 Å². The lowest BCUT2D eigenvalue weighted by molar-refractivity contribution is -0.348. The number of para-hydroxylation sites is 1. The van der Waals surface area contributed by atoms with E-state index < -0.39 is 57.9 Å². The van der Waals surface area contributed by atoms with Gasteiger partial charge in [-0.2, -0.15) is 35.1 Å². The topological polar surface area (TPSA) is 80.8 Å². The number of hydrogen-bond acceptors (Lipinski definition) is 5. The maximum Gasteiger partial charge on any atom is 0.435 e. The van der Waals surface area contributed by atoms with Gasteiger partial charge in [0.1, 0.15) is 0 Å². The van der Waals surface area contributed by atoms with Gasteiger partial charge < -0.3 is 19.7 Å². The van der Waals surface area contributed by atoms with Gasteiger partial charge in [0, 0.05) is 34.5 Å². The normalized spacial score (nSPS) is 12.2. The molecule has 232 valence electrons. The van der Waals surface area contributed by atoms with E-state index in [4.69, 9.17) is 4.74 Å². The molecule has 0 aliphatic carbocycles. The molecule has 0 saturated carbocycles. The predicted molar refractivity (Wildman–Crippen MR) is 138 cm³/mol. The highest BCUT2D eigenvalue weighted by atomic mass is 79.9. The van der Waals surface area contributed by atoms with E-state index in [0.717, 1.165) is 7.11 Å². The van der Waals surface area contributed by atoms with Crippen molar-refractivity contribution >= 4 is 39.1 Å². The van der Waals surface area contributed by atoms with E-state index in [2.05, 4.69) is 31.0 Å². The molecule has 0 atom stereocenters. The van der Waals surface area contributed by atoms with Gasteiger partial charge in [-0.25, -0.2) is 4.39 Å². The number of amides is 2. The number of anilines is 2. The van der Waals surface area contributed by atoms with E-state index in [1.54, 1.807) is 6.92 Å². The third-order valence-electron chi connectivity index (χ3n) is 5.91. The Bertz CT molecular complexity index is 1470. The number of nitrogens with zero attached hydrogens (tertiary/aromatic N) is 2. The lowest BCUT2D eigenvalue weighted by atomic mass is 9.93. The molecule has 0 radical (unpaired) electrons. The van der Waals surface area contributed by atoms with E-state index in [1.807, 2.05) is 0 Å². The number of aromatic nitrogens is 1. The number of carbonyl (C=O) groups excluding carboxylic acids is 2. The van der Waals surface area contributed by atoms with Crippen LogP contribution in [0, 0.1) is 0 Å². The molecular formula is C26H19BrF9N3O4. The van der Waals surface area contributed by atoms with Crippen LogP contribution < -0.4 is 19.7 Å². The van der Waals surface area contributed by atoms with Gasteiger partial charge in [0.05, 0.1) is 24.0 Å². The smallest absolute Gasteiger partial charge is 0.435 e. The van der Waals surface area contributed by atoms with Gasteiger partial charge in [0.15, 0.2) is 11.5 Å². The zero-order chi connectivity index (χ0) is 32.3. The molecule has 3 rings (SSSR count). The van der Waals surface area contributed by atoms with Gasteiger partial charge in [-0.05, 0) is 59.3 Å². The van der Waals surface area contributed by atoms with Crippen LogP contribution in [0.25, 0.3) is 0 Å². The molecule has 2 amide bonds. The lowest BCUT2D eigenvalue weighted by Gasteiger charge is -2.31. The first-order valence-electron chi connectivity index (χ1n) is 11.8. The van der Waals surface area contributed by atoms with Crippen LogP contribution in [0.5, 0.6) is 11.5 Å². The summed E-state index contributed by atoms with van der Waals surface area (Å²) in [5.74, 6) is -3.31. The number of carbonyl (C=O) groups is 2. The molecule has 2 aromatic carbocycles. The molecule has 0 bridgehead atoms. The average Bonchev–Trinajstić information content (AvgIpc) is 2.93. The van der Waals surface area contributed by atoms with E-state index in [-0.39, 0.29) is 41.2 Å². The van der Waals surface area contributed by atoms with Crippen LogP contribution in [0.1, 0.15) is 33.2 Å². The van der Waals surface area contributed by atoms with Gasteiger partial charge in [0.25, 0.3) is 11.8 Å². The minimum absolute atomic E-state index is 0.0226. The van der Waals surface area contributed by atoms with Crippen LogP contribution in [0.4, 0.5) is 50.9 Å². The highest BCUT2D eigenvalue weighted by Crippen LogP contribution is 2.55. The first-order chi connectivity index (χ1) is 20.0. The molecule has 0 unspecified atom stereocenters. The summed E-state index contributed by atoms with van der Waals surface area (Å²) in [6.45, 7) is -2.12. The summed E-state index contributed by atoms with van der Waals surface area (Å²) >= 11 is 2.61. The molecule has 17 heteroatoms. The summed E-state index contributed by atoms with van der Waals surface area (Å²) in [5, 5.41) is 2.06. The van der Waals surface area contributed by atoms with Gasteiger partial charge in [0.2, 0.25) is 0 Å². The molecule has 0 saturated heterocycles. The van der Waals surface area contributed by atoms with Crippen molar-refractivity contribution in [3.05, 3.63) is 76.0 Å². The molecule has 43 heavy (non-hydrogen) atoms. The molecule has 3 aromatic rings. The number of pyridine rings is 1. The number of methoxy groups -OCH3 is 1. The van der Waals surface area contributed by atoms with Crippen LogP contribution in [0.15, 0.2) is 59.3 Å². The van der Waals surface area contributed by atoms with Gasteiger partial charge >= 0.3 is 24.6 Å². The predicted octanol–water partition coefficient (Wildman–Crippen LogP) is 7.66. The van der Waals surface area contributed by atoms with Gasteiger partial charge in [-0.3, -0.25) is 14.6 Å². The molecule has 1 N–H and O–H groups in total. The van der Waals surface area contributed by atoms with E-state index in [9.17, 15) is 49.1 Å². The standard InChI is InChI=1S/C26H19BrF9N3O4/c1-3-39(22(41)13-7-9-37-10-8-13)17-6-4-5-15(20(17)42-2)21(40)38-19-16(27)11-14(12-18(19)43-23(28)29)24(30,25(31,32)33)26(34,35)36/h4-12,23H,3H2,1-2H3,(H,38,40). The van der Waals surface area contributed by atoms with Gasteiger partial charge in [-0.15, -0.1) is 0 Å². The largest absolute Gasteiger partial charge is 0.494 e. The molecule has 0 spiro atoms. The lowest BCUT2D eigenvalue weighted by Crippen LogP contribution is -2.50. The third-order valence-corrected chi connectivity index (χ3v) is 6.54. The van der Waals surface area contributed by atoms with Crippen LogP contribution in [-0.4, -0.2) is 49.4 Å². The van der Waals surface area contributed by atoms with Crippen molar-refractivity contribution in [3.63, 3.8) is 0 Å². The Labute approximate surface area is 245 Å². The molecule has 1 heterocycles. The molecular weight excluding hydrogens is 669 g/mol. The number of halogens is 10. The Morgan fingerprint density at radius 3 is 2.12 bits per heavy atom. The van der Waals surface area contributed by atoms with Crippen LogP contribution in [0.2, 0.25) is 0 Å². The number of alkyl halides is 9. The molecule has 0 aliphatic rings. The Kier molecular flexibility index (Phi) is 9.88. The molecule has 0 fully saturated rings. The quantitative estimate of drug-likeness (QED) is 0.234. The number of hydrogen-bond donors (Lipinski definition) is 1. The van der Waals surface area contributed by atoms with Crippen molar-refractivity contribution in [3.8, 4) is 11.5 Å². The molecule has 0 aliphatic heterocycles. The fraction of sp³-hybridized carbons (Fsp3) is 0.269. The van der Waals surface area contributed by atoms with E-state index >= 15 is 0 Å². The fourth-order valence-corrected chi connectivity index (χ4v) is 4.51. The molecule has 1 aromatic heterocycles. The highest BCUT2D eigenvalue weighted by molar-refractivity contribution is 9.10. The van der Waals surface area contributed by atoms with Crippen molar-refractivity contribution < 1.29 is 58.6 Å². The number of rotatable bonds is 9. The Hall–Kier alpha value is -4.02. The average molecular weight is 688 g/mol. The SMILES string of the molecule is CCN(C(=O)c1ccncc1)c1cccc(C(=O)Nc2c(Br)cc(C(F)(C(F)(F)F)C(F)(F)F)cc2OC(F)F)c1OC. The van der Waals surface area contributed by atoms with Gasteiger partial charge in [-0.1, -0.05) is 6.07 Å². The van der Waals surface area contributed by atoms with Crippen LogP contribution >= 0.6 is 15.9 Å². The first-order valence-corrected chi connectivity index (χ1v) is 12.6. The Balaban J connectivity index is 2.11. The van der Waals surface area contributed by atoms with E-state index in [0.29, 0.717) is 0 Å². The summed E-state index contributed by atoms with van der Waals surface area (Å²) in [6, 6.07) is 6.57. The number of ether oxygens (including phenoxy) is 2. The second kappa shape index (κ2) is 12.7. The number of nitrogens with one attached hydrogen (secondary N) is 1. The zero-order valence-corrected chi connectivity index (χ0v) is 23.4. The summed E-state index contributed by atoms with van der Waals surface area (Å²) in [6.07, 6.45) is -10.4. The second-order valence-corrected chi connectivity index (χ2v) is 9.32. The third kappa shape index (κ3) is 6.65. The highest BCUT2D eigenvalue weighted by Gasteiger charge is 2.73. The monoisotopic (exact) mass is 687 g/mol. The van der Waals surface area contributed by atoms with Crippen molar-refractivity contribution in [2.75, 3.05) is 23.9 Å². The van der Waals surface area contributed by atoms with Crippen molar-refractivity contribution in [1.82, 2.24) is 4.98 Å². The summed E-state index contributed by atoms with van der Waals surface area (Å²) in [7, 11) is 1.14. The minimum atomic E-state index is -6.55. The summed E-state index contributed by atoms with van der Waals surface area (Å²) in [5.41, 5.74) is -8.99. The second-order valence-electron chi connectivity index (χ2n) is 8.46.